The number of hydrogen-bond acceptors (Lipinski definition) is 4. The molecule has 0 heterocycles. The summed E-state index contributed by atoms with van der Waals surface area (Å²) in [5.41, 5.74) is 1.06. The molecule has 0 amide bonds. The van der Waals surface area contributed by atoms with Crippen molar-refractivity contribution < 1.29 is 19.8 Å². The molecule has 0 aromatic rings. The second-order valence-electron chi connectivity index (χ2n) is 9.64. The smallest absolute Gasteiger partial charge is 0.173 e. The molecule has 0 saturated heterocycles. The summed E-state index contributed by atoms with van der Waals surface area (Å²) in [6, 6.07) is 0. The average molecular weight is 346 g/mol. The minimum absolute atomic E-state index is 0.0695. The van der Waals surface area contributed by atoms with Crippen molar-refractivity contribution in [2.24, 2.45) is 34.5 Å². The summed E-state index contributed by atoms with van der Waals surface area (Å²) >= 11 is 0. The molecule has 3 fully saturated rings. The van der Waals surface area contributed by atoms with E-state index in [1.54, 1.807) is 0 Å². The molecule has 6 atom stereocenters. The van der Waals surface area contributed by atoms with E-state index in [1.165, 1.54) is 12.5 Å². The monoisotopic (exact) mass is 346 g/mol. The molecule has 4 rings (SSSR count). The van der Waals surface area contributed by atoms with E-state index in [4.69, 9.17) is 0 Å². The number of fused-ring (bicyclic) bond motifs is 5. The van der Waals surface area contributed by atoms with Crippen LogP contribution in [0.15, 0.2) is 11.6 Å². The van der Waals surface area contributed by atoms with E-state index >= 15 is 0 Å². The van der Waals surface area contributed by atoms with Gasteiger partial charge in [-0.15, -0.1) is 0 Å². The second-order valence-corrected chi connectivity index (χ2v) is 9.64. The standard InChI is InChI=1S/C21H30O4/c1-12(22)18-20(3)9-7-16-15(17(20)11-21(18,24)25)5-4-13-10-14(23)6-8-19(13,16)2/h10,15-18,24-25H,4-9,11H2,1-3H3/t15-,16+,17+,18-,19+,20+/m1/s1. The van der Waals surface area contributed by atoms with Crippen molar-refractivity contribution in [1.29, 1.82) is 0 Å². The summed E-state index contributed by atoms with van der Waals surface area (Å²) < 4.78 is 0. The van der Waals surface area contributed by atoms with Crippen LogP contribution in [0.25, 0.3) is 0 Å². The lowest BCUT2D eigenvalue weighted by Crippen LogP contribution is -2.51. The lowest BCUT2D eigenvalue weighted by molar-refractivity contribution is -0.197. The maximum absolute atomic E-state index is 12.2. The van der Waals surface area contributed by atoms with Gasteiger partial charge in [-0.05, 0) is 73.7 Å². The lowest BCUT2D eigenvalue weighted by Gasteiger charge is -2.57. The Labute approximate surface area is 149 Å². The largest absolute Gasteiger partial charge is 0.365 e. The third-order valence-corrected chi connectivity index (χ3v) is 8.45. The van der Waals surface area contributed by atoms with Crippen LogP contribution in [0.1, 0.15) is 65.7 Å². The Bertz CT molecular complexity index is 663. The first kappa shape index (κ1) is 17.4. The lowest BCUT2D eigenvalue weighted by atomic mass is 9.46. The molecule has 0 aromatic carbocycles. The normalized spacial score (nSPS) is 48.2. The Balaban J connectivity index is 1.72. The third kappa shape index (κ3) is 2.26. The molecule has 0 bridgehead atoms. The van der Waals surface area contributed by atoms with Gasteiger partial charge in [0.15, 0.2) is 11.6 Å². The number of rotatable bonds is 1. The van der Waals surface area contributed by atoms with E-state index in [2.05, 4.69) is 13.8 Å². The molecule has 0 aliphatic heterocycles. The Morgan fingerprint density at radius 2 is 1.84 bits per heavy atom. The molecule has 4 nitrogen and oxygen atoms in total. The van der Waals surface area contributed by atoms with Crippen LogP contribution in [0.3, 0.4) is 0 Å². The summed E-state index contributed by atoms with van der Waals surface area (Å²) in [7, 11) is 0. The Hall–Kier alpha value is -1.00. The Morgan fingerprint density at radius 3 is 2.52 bits per heavy atom. The number of aliphatic hydroxyl groups is 2. The highest BCUT2D eigenvalue weighted by Gasteiger charge is 2.66. The second kappa shape index (κ2) is 5.26. The zero-order chi connectivity index (χ0) is 18.2. The fourth-order valence-electron chi connectivity index (χ4n) is 7.41. The molecular weight excluding hydrogens is 316 g/mol. The van der Waals surface area contributed by atoms with E-state index in [1.807, 2.05) is 6.08 Å². The van der Waals surface area contributed by atoms with E-state index in [0.717, 1.165) is 32.1 Å². The summed E-state index contributed by atoms with van der Waals surface area (Å²) in [5, 5.41) is 21.2. The van der Waals surface area contributed by atoms with Crippen molar-refractivity contribution in [3.05, 3.63) is 11.6 Å². The molecule has 0 aromatic heterocycles. The van der Waals surface area contributed by atoms with Gasteiger partial charge in [0.05, 0.1) is 5.92 Å². The van der Waals surface area contributed by atoms with E-state index in [0.29, 0.717) is 24.7 Å². The van der Waals surface area contributed by atoms with E-state index < -0.39 is 11.7 Å². The molecule has 138 valence electrons. The molecule has 0 radical (unpaired) electrons. The predicted molar refractivity (Wildman–Crippen MR) is 93.4 cm³/mol. The molecule has 4 heteroatoms. The van der Waals surface area contributed by atoms with Gasteiger partial charge in [0, 0.05) is 12.8 Å². The van der Waals surface area contributed by atoms with Gasteiger partial charge in [-0.2, -0.15) is 0 Å². The van der Waals surface area contributed by atoms with Gasteiger partial charge >= 0.3 is 0 Å². The highest BCUT2D eigenvalue weighted by Crippen LogP contribution is 2.68. The van der Waals surface area contributed by atoms with Crippen LogP contribution in [0.4, 0.5) is 0 Å². The number of hydrogen-bond donors (Lipinski definition) is 2. The number of carbonyl (C=O) groups is 2. The summed E-state index contributed by atoms with van der Waals surface area (Å²) in [4.78, 5) is 24.1. The van der Waals surface area contributed by atoms with Crippen molar-refractivity contribution in [2.75, 3.05) is 0 Å². The van der Waals surface area contributed by atoms with Crippen molar-refractivity contribution in [3.63, 3.8) is 0 Å². The molecule has 2 N–H and O–H groups in total. The first-order valence-electron chi connectivity index (χ1n) is 9.79. The third-order valence-electron chi connectivity index (χ3n) is 8.45. The number of Topliss-reactive ketones (excluding diaryl/α,β-unsaturated/α-hetero) is 1. The van der Waals surface area contributed by atoms with Crippen molar-refractivity contribution in [1.82, 2.24) is 0 Å². The first-order chi connectivity index (χ1) is 11.6. The molecule has 0 spiro atoms. The van der Waals surface area contributed by atoms with Crippen LogP contribution in [0.2, 0.25) is 0 Å². The SMILES string of the molecule is CC(=O)[C@H]1C(O)(O)C[C@H]2[C@@H]3CCC4=CC(=O)CC[C@]4(C)[C@H]3CC[C@@]21C. The van der Waals surface area contributed by atoms with Crippen LogP contribution >= 0.6 is 0 Å². The van der Waals surface area contributed by atoms with Crippen LogP contribution in [0, 0.1) is 34.5 Å². The van der Waals surface area contributed by atoms with E-state index in [9.17, 15) is 19.8 Å². The quantitative estimate of drug-likeness (QED) is 0.716. The van der Waals surface area contributed by atoms with Crippen molar-refractivity contribution in [2.45, 2.75) is 71.5 Å². The fourth-order valence-corrected chi connectivity index (χ4v) is 7.41. The van der Waals surface area contributed by atoms with Gasteiger partial charge in [0.1, 0.15) is 5.78 Å². The van der Waals surface area contributed by atoms with E-state index in [-0.39, 0.29) is 28.3 Å². The van der Waals surface area contributed by atoms with Crippen LogP contribution in [-0.4, -0.2) is 27.6 Å². The minimum Gasteiger partial charge on any atom is -0.365 e. The average Bonchev–Trinajstić information content (AvgIpc) is 2.73. The van der Waals surface area contributed by atoms with Gasteiger partial charge < -0.3 is 10.2 Å². The highest BCUT2D eigenvalue weighted by molar-refractivity contribution is 5.91. The van der Waals surface area contributed by atoms with Crippen LogP contribution in [-0.2, 0) is 9.59 Å². The maximum Gasteiger partial charge on any atom is 0.173 e. The summed E-state index contributed by atoms with van der Waals surface area (Å²) in [6.45, 7) is 5.92. The molecule has 0 unspecified atom stereocenters. The molecule has 4 aliphatic carbocycles. The fraction of sp³-hybridized carbons (Fsp3) is 0.810. The molecular formula is C21H30O4. The zero-order valence-electron chi connectivity index (χ0n) is 15.5. The number of carbonyl (C=O) groups excluding carboxylic acids is 2. The van der Waals surface area contributed by atoms with Crippen LogP contribution in [0.5, 0.6) is 0 Å². The van der Waals surface area contributed by atoms with Gasteiger partial charge in [0.25, 0.3) is 0 Å². The summed E-state index contributed by atoms with van der Waals surface area (Å²) in [5.74, 6) is -1.32. The van der Waals surface area contributed by atoms with Crippen LogP contribution < -0.4 is 0 Å². The summed E-state index contributed by atoms with van der Waals surface area (Å²) in [6.07, 6.45) is 7.56. The highest BCUT2D eigenvalue weighted by atomic mass is 16.5. The Kier molecular flexibility index (Phi) is 3.66. The number of allylic oxidation sites excluding steroid dienone is 1. The number of ketones is 2. The van der Waals surface area contributed by atoms with Gasteiger partial charge in [-0.25, -0.2) is 0 Å². The minimum atomic E-state index is -1.88. The van der Waals surface area contributed by atoms with Gasteiger partial charge in [-0.1, -0.05) is 19.4 Å². The molecule has 25 heavy (non-hydrogen) atoms. The van der Waals surface area contributed by atoms with Gasteiger partial charge in [-0.3, -0.25) is 9.59 Å². The molecule has 4 aliphatic rings. The van der Waals surface area contributed by atoms with Gasteiger partial charge in [0.2, 0.25) is 0 Å². The maximum atomic E-state index is 12.2. The zero-order valence-corrected chi connectivity index (χ0v) is 15.5. The van der Waals surface area contributed by atoms with Crippen molar-refractivity contribution >= 4 is 11.6 Å². The molecule has 3 saturated carbocycles. The predicted octanol–water partition coefficient (Wildman–Crippen LogP) is 3.01. The first-order valence-corrected chi connectivity index (χ1v) is 9.79. The van der Waals surface area contributed by atoms with Crippen molar-refractivity contribution in [3.8, 4) is 0 Å². The Morgan fingerprint density at radius 1 is 1.12 bits per heavy atom. The topological polar surface area (TPSA) is 74.6 Å².